The average molecular weight is 232 g/mol. The van der Waals surface area contributed by atoms with Crippen LogP contribution in [0.2, 0.25) is 0 Å². The van der Waals surface area contributed by atoms with E-state index in [0.717, 1.165) is 13.1 Å². The van der Waals surface area contributed by atoms with Crippen LogP contribution < -0.4 is 10.6 Å². The lowest BCUT2D eigenvalue weighted by Gasteiger charge is -2.13. The zero-order chi connectivity index (χ0) is 11.1. The molecule has 0 bridgehead atoms. The molecule has 0 atom stereocenters. The maximum atomic E-state index is 11.4. The van der Waals surface area contributed by atoms with E-state index in [9.17, 15) is 4.79 Å². The molecule has 1 aliphatic rings. The third-order valence-corrected chi connectivity index (χ3v) is 4.04. The van der Waals surface area contributed by atoms with Gasteiger partial charge in [0.25, 0.3) is 0 Å². The summed E-state index contributed by atoms with van der Waals surface area (Å²) in [5, 5.41) is 5.97. The van der Waals surface area contributed by atoms with E-state index in [1.165, 1.54) is 12.8 Å². The summed E-state index contributed by atoms with van der Waals surface area (Å²) in [6.07, 6.45) is 4.56. The maximum Gasteiger partial charge on any atom is 0.234 e. The highest BCUT2D eigenvalue weighted by Crippen LogP contribution is 2.46. The predicted molar refractivity (Wildman–Crippen MR) is 63.2 cm³/mol. The van der Waals surface area contributed by atoms with Crippen LogP contribution >= 0.6 is 11.8 Å². The number of amides is 1. The van der Waals surface area contributed by atoms with E-state index in [4.69, 9.17) is 4.74 Å². The van der Waals surface area contributed by atoms with Gasteiger partial charge in [0, 0.05) is 24.9 Å². The number of carbonyl (C=O) groups is 1. The monoisotopic (exact) mass is 232 g/mol. The number of thioether (sulfide) groups is 1. The molecule has 1 saturated carbocycles. The summed E-state index contributed by atoms with van der Waals surface area (Å²) >= 11 is 1.86. The Morgan fingerprint density at radius 2 is 2.27 bits per heavy atom. The lowest BCUT2D eigenvalue weighted by atomic mass is 10.4. The molecule has 0 aliphatic heterocycles. The van der Waals surface area contributed by atoms with Crippen LogP contribution in [0.3, 0.4) is 0 Å². The minimum Gasteiger partial charge on any atom is -0.383 e. The van der Waals surface area contributed by atoms with Crippen molar-refractivity contribution in [1.82, 2.24) is 10.6 Å². The van der Waals surface area contributed by atoms with Crippen molar-refractivity contribution in [2.45, 2.75) is 17.6 Å². The van der Waals surface area contributed by atoms with Crippen LogP contribution in [-0.4, -0.2) is 50.3 Å². The van der Waals surface area contributed by atoms with E-state index in [2.05, 4.69) is 16.9 Å². The number of nitrogens with one attached hydrogen (secondary N) is 2. The van der Waals surface area contributed by atoms with Crippen molar-refractivity contribution in [3.63, 3.8) is 0 Å². The molecule has 0 radical (unpaired) electrons. The van der Waals surface area contributed by atoms with E-state index in [0.29, 0.717) is 17.9 Å². The Bertz CT molecular complexity index is 208. The van der Waals surface area contributed by atoms with E-state index >= 15 is 0 Å². The van der Waals surface area contributed by atoms with Crippen molar-refractivity contribution in [1.29, 1.82) is 0 Å². The number of hydrogen-bond acceptors (Lipinski definition) is 4. The summed E-state index contributed by atoms with van der Waals surface area (Å²) in [7, 11) is 1.65. The summed E-state index contributed by atoms with van der Waals surface area (Å²) < 4.78 is 5.22. The van der Waals surface area contributed by atoms with Crippen LogP contribution in [0.5, 0.6) is 0 Å². The molecule has 0 aromatic rings. The quantitative estimate of drug-likeness (QED) is 0.588. The number of carbonyl (C=O) groups excluding carboxylic acids is 1. The van der Waals surface area contributed by atoms with Gasteiger partial charge in [-0.2, -0.15) is 11.8 Å². The van der Waals surface area contributed by atoms with Gasteiger partial charge in [-0.25, -0.2) is 0 Å². The Labute approximate surface area is 95.5 Å². The van der Waals surface area contributed by atoms with Crippen LogP contribution in [0, 0.1) is 0 Å². The normalized spacial score (nSPS) is 17.5. The van der Waals surface area contributed by atoms with E-state index in [-0.39, 0.29) is 5.91 Å². The first kappa shape index (κ1) is 12.8. The first-order valence-corrected chi connectivity index (χ1v) is 6.46. The molecule has 0 aromatic heterocycles. The second-order valence-corrected chi connectivity index (χ2v) is 5.11. The summed E-state index contributed by atoms with van der Waals surface area (Å²) in [6.45, 7) is 2.55. The van der Waals surface area contributed by atoms with Crippen LogP contribution in [0.1, 0.15) is 12.8 Å². The van der Waals surface area contributed by atoms with Crippen LogP contribution in [0.25, 0.3) is 0 Å². The maximum absolute atomic E-state index is 11.4. The highest BCUT2D eigenvalue weighted by Gasteiger charge is 2.41. The summed E-state index contributed by atoms with van der Waals surface area (Å²) in [5.74, 6) is 0.0754. The number of ether oxygens (including phenoxy) is 1. The number of hydrogen-bond donors (Lipinski definition) is 2. The molecule has 5 heteroatoms. The second-order valence-electron chi connectivity index (χ2n) is 3.83. The van der Waals surface area contributed by atoms with Crippen molar-refractivity contribution < 1.29 is 9.53 Å². The first-order chi connectivity index (χ1) is 7.22. The van der Waals surface area contributed by atoms with E-state index in [1.54, 1.807) is 7.11 Å². The Balaban J connectivity index is 1.99. The third-order valence-electron chi connectivity index (χ3n) is 2.62. The molecular weight excluding hydrogens is 212 g/mol. The zero-order valence-corrected chi connectivity index (χ0v) is 10.3. The molecule has 1 rings (SSSR count). The van der Waals surface area contributed by atoms with Crippen LogP contribution in [-0.2, 0) is 9.53 Å². The van der Waals surface area contributed by atoms with Gasteiger partial charge in [-0.1, -0.05) is 0 Å². The van der Waals surface area contributed by atoms with Crippen molar-refractivity contribution in [2.75, 3.05) is 39.6 Å². The number of methoxy groups -OCH3 is 1. The van der Waals surface area contributed by atoms with Gasteiger partial charge in [0.05, 0.1) is 13.2 Å². The fraction of sp³-hybridized carbons (Fsp3) is 0.900. The molecule has 1 aliphatic carbocycles. The minimum absolute atomic E-state index is 0.0754. The lowest BCUT2D eigenvalue weighted by molar-refractivity contribution is -0.120. The molecule has 0 spiro atoms. The average Bonchev–Trinajstić information content (AvgIpc) is 3.02. The molecular formula is C10H20N2O2S. The molecule has 1 fully saturated rings. The van der Waals surface area contributed by atoms with E-state index in [1.807, 2.05) is 11.8 Å². The molecule has 15 heavy (non-hydrogen) atoms. The largest absolute Gasteiger partial charge is 0.383 e. The molecule has 88 valence electrons. The van der Waals surface area contributed by atoms with Crippen molar-refractivity contribution >= 4 is 17.7 Å². The standard InChI is InChI=1S/C10H20N2O2S/c1-14-6-5-11-7-9(13)12-8-10(15-2)3-4-10/h11H,3-8H2,1-2H3,(H,12,13). The molecule has 0 saturated heterocycles. The molecule has 4 nitrogen and oxygen atoms in total. The van der Waals surface area contributed by atoms with Gasteiger partial charge in [0.2, 0.25) is 5.91 Å². The fourth-order valence-electron chi connectivity index (χ4n) is 1.29. The SMILES string of the molecule is COCCNCC(=O)NCC1(SC)CC1. The van der Waals surface area contributed by atoms with Gasteiger partial charge in [-0.15, -0.1) is 0 Å². The van der Waals surface area contributed by atoms with Gasteiger partial charge in [0.1, 0.15) is 0 Å². The predicted octanol–water partition coefficient (Wildman–Crippen LogP) is 0.234. The summed E-state index contributed by atoms with van der Waals surface area (Å²) in [4.78, 5) is 11.4. The Morgan fingerprint density at radius 1 is 1.53 bits per heavy atom. The summed E-state index contributed by atoms with van der Waals surface area (Å²) in [6, 6.07) is 0. The topological polar surface area (TPSA) is 50.4 Å². The van der Waals surface area contributed by atoms with Gasteiger partial charge in [-0.3, -0.25) is 4.79 Å². The van der Waals surface area contributed by atoms with Gasteiger partial charge >= 0.3 is 0 Å². The zero-order valence-electron chi connectivity index (χ0n) is 9.47. The van der Waals surface area contributed by atoms with Crippen molar-refractivity contribution in [2.24, 2.45) is 0 Å². The molecule has 1 amide bonds. The van der Waals surface area contributed by atoms with E-state index < -0.39 is 0 Å². The Morgan fingerprint density at radius 3 is 2.80 bits per heavy atom. The molecule has 2 N–H and O–H groups in total. The van der Waals surface area contributed by atoms with Gasteiger partial charge in [-0.05, 0) is 19.1 Å². The summed E-state index contributed by atoms with van der Waals surface area (Å²) in [5.41, 5.74) is 0. The molecule has 0 aromatic carbocycles. The smallest absolute Gasteiger partial charge is 0.234 e. The van der Waals surface area contributed by atoms with Crippen LogP contribution in [0.15, 0.2) is 0 Å². The number of rotatable bonds is 8. The molecule has 0 heterocycles. The second kappa shape index (κ2) is 6.35. The first-order valence-electron chi connectivity index (χ1n) is 5.24. The molecule has 0 unspecified atom stereocenters. The lowest BCUT2D eigenvalue weighted by Crippen LogP contribution is -2.38. The van der Waals surface area contributed by atoms with Crippen LogP contribution in [0.4, 0.5) is 0 Å². The van der Waals surface area contributed by atoms with Crippen molar-refractivity contribution in [3.05, 3.63) is 0 Å². The Hall–Kier alpha value is -0.260. The van der Waals surface area contributed by atoms with Crippen molar-refractivity contribution in [3.8, 4) is 0 Å². The van der Waals surface area contributed by atoms with Gasteiger partial charge in [0.15, 0.2) is 0 Å². The third kappa shape index (κ3) is 4.86. The fourth-order valence-corrected chi connectivity index (χ4v) is 2.02. The van der Waals surface area contributed by atoms with Gasteiger partial charge < -0.3 is 15.4 Å². The highest BCUT2D eigenvalue weighted by atomic mass is 32.2. The Kier molecular flexibility index (Phi) is 5.42. The highest BCUT2D eigenvalue weighted by molar-refractivity contribution is 8.00. The minimum atomic E-state index is 0.0754.